The van der Waals surface area contributed by atoms with Gasteiger partial charge in [0.1, 0.15) is 23.3 Å². The standard InChI is InChI=1S/C15H11ClF2N2O/c1-8-3-11(15(21)6-16)9(2)20(8)10-4-13(17)12(7-19)14(18)5-10/h3-5H,6H2,1-2H3. The van der Waals surface area contributed by atoms with Crippen LogP contribution >= 0.6 is 11.6 Å². The Bertz CT molecular complexity index is 752. The van der Waals surface area contributed by atoms with Gasteiger partial charge in [-0.25, -0.2) is 8.78 Å². The highest BCUT2D eigenvalue weighted by atomic mass is 35.5. The molecule has 0 amide bonds. The largest absolute Gasteiger partial charge is 0.318 e. The molecule has 108 valence electrons. The lowest BCUT2D eigenvalue weighted by molar-refractivity contribution is 0.102. The fourth-order valence-corrected chi connectivity index (χ4v) is 2.45. The lowest BCUT2D eigenvalue weighted by Gasteiger charge is -2.11. The van der Waals surface area contributed by atoms with Gasteiger partial charge in [-0.05, 0) is 32.0 Å². The van der Waals surface area contributed by atoms with E-state index in [9.17, 15) is 13.6 Å². The molecule has 0 aliphatic heterocycles. The molecule has 0 saturated carbocycles. The number of rotatable bonds is 3. The molecule has 1 aromatic heterocycles. The number of carbonyl (C=O) groups excluding carboxylic acids is 1. The van der Waals surface area contributed by atoms with Crippen LogP contribution in [0, 0.1) is 36.8 Å². The first kappa shape index (κ1) is 15.2. The molecule has 21 heavy (non-hydrogen) atoms. The molecule has 0 atom stereocenters. The van der Waals surface area contributed by atoms with Crippen LogP contribution in [-0.2, 0) is 0 Å². The van der Waals surface area contributed by atoms with Crippen LogP contribution in [0.3, 0.4) is 0 Å². The van der Waals surface area contributed by atoms with Crippen LogP contribution in [0.2, 0.25) is 0 Å². The van der Waals surface area contributed by atoms with E-state index >= 15 is 0 Å². The topological polar surface area (TPSA) is 45.8 Å². The van der Waals surface area contributed by atoms with Crippen molar-refractivity contribution >= 4 is 17.4 Å². The summed E-state index contributed by atoms with van der Waals surface area (Å²) in [4.78, 5) is 11.7. The van der Waals surface area contributed by atoms with E-state index in [-0.39, 0.29) is 17.4 Å². The van der Waals surface area contributed by atoms with Gasteiger partial charge in [-0.3, -0.25) is 4.79 Å². The lowest BCUT2D eigenvalue weighted by Crippen LogP contribution is -2.05. The molecule has 0 N–H and O–H groups in total. The first-order chi connectivity index (χ1) is 9.90. The Morgan fingerprint density at radius 3 is 2.33 bits per heavy atom. The fourth-order valence-electron chi connectivity index (χ4n) is 2.31. The molecule has 2 rings (SSSR count). The van der Waals surface area contributed by atoms with Gasteiger partial charge in [-0.1, -0.05) is 0 Å². The van der Waals surface area contributed by atoms with Crippen LogP contribution in [0.5, 0.6) is 0 Å². The lowest BCUT2D eigenvalue weighted by atomic mass is 10.1. The molecular weight excluding hydrogens is 298 g/mol. The van der Waals surface area contributed by atoms with E-state index in [0.717, 1.165) is 12.1 Å². The quantitative estimate of drug-likeness (QED) is 0.641. The smallest absolute Gasteiger partial charge is 0.179 e. The Hall–Kier alpha value is -2.19. The molecule has 0 fully saturated rings. The van der Waals surface area contributed by atoms with Gasteiger partial charge >= 0.3 is 0 Å². The van der Waals surface area contributed by atoms with Crippen molar-refractivity contribution in [3.05, 3.63) is 52.3 Å². The molecule has 1 aromatic carbocycles. The van der Waals surface area contributed by atoms with Crippen molar-refractivity contribution in [1.29, 1.82) is 5.26 Å². The number of hydrogen-bond acceptors (Lipinski definition) is 2. The summed E-state index contributed by atoms with van der Waals surface area (Å²) in [6.07, 6.45) is 0. The number of aryl methyl sites for hydroxylation is 1. The molecule has 0 unspecified atom stereocenters. The summed E-state index contributed by atoms with van der Waals surface area (Å²) in [7, 11) is 0. The number of Topliss-reactive ketones (excluding diaryl/α,β-unsaturated/α-hetero) is 1. The molecular formula is C15H11ClF2N2O. The number of benzene rings is 1. The first-order valence-corrected chi connectivity index (χ1v) is 6.61. The number of carbonyl (C=O) groups is 1. The first-order valence-electron chi connectivity index (χ1n) is 6.08. The predicted octanol–water partition coefficient (Wildman–Crippen LogP) is 3.67. The number of ketones is 1. The third kappa shape index (κ3) is 2.55. The molecule has 2 aromatic rings. The van der Waals surface area contributed by atoms with Crippen molar-refractivity contribution in [3.8, 4) is 11.8 Å². The Morgan fingerprint density at radius 2 is 1.86 bits per heavy atom. The average molecular weight is 309 g/mol. The summed E-state index contributed by atoms with van der Waals surface area (Å²) >= 11 is 5.54. The molecule has 6 heteroatoms. The van der Waals surface area contributed by atoms with Crippen molar-refractivity contribution in [2.75, 3.05) is 5.88 Å². The van der Waals surface area contributed by atoms with E-state index in [4.69, 9.17) is 16.9 Å². The van der Waals surface area contributed by atoms with E-state index in [2.05, 4.69) is 0 Å². The highest BCUT2D eigenvalue weighted by molar-refractivity contribution is 6.30. The van der Waals surface area contributed by atoms with Crippen LogP contribution in [0.15, 0.2) is 18.2 Å². The number of aromatic nitrogens is 1. The summed E-state index contributed by atoms with van der Waals surface area (Å²) in [6, 6.07) is 5.22. The monoisotopic (exact) mass is 308 g/mol. The van der Waals surface area contributed by atoms with Crippen molar-refractivity contribution in [2.45, 2.75) is 13.8 Å². The van der Waals surface area contributed by atoms with E-state index < -0.39 is 17.2 Å². The molecule has 0 bridgehead atoms. The molecule has 0 aliphatic carbocycles. The summed E-state index contributed by atoms with van der Waals surface area (Å²) in [5.41, 5.74) is 1.18. The van der Waals surface area contributed by atoms with E-state index in [1.807, 2.05) is 0 Å². The van der Waals surface area contributed by atoms with Crippen molar-refractivity contribution in [2.24, 2.45) is 0 Å². The van der Waals surface area contributed by atoms with E-state index in [1.165, 1.54) is 6.07 Å². The van der Waals surface area contributed by atoms with E-state index in [1.54, 1.807) is 24.5 Å². The van der Waals surface area contributed by atoms with Gasteiger partial charge in [0.2, 0.25) is 0 Å². The molecule has 3 nitrogen and oxygen atoms in total. The SMILES string of the molecule is Cc1cc(C(=O)CCl)c(C)n1-c1cc(F)c(C#N)c(F)c1. The Morgan fingerprint density at radius 1 is 1.29 bits per heavy atom. The molecule has 1 heterocycles. The van der Waals surface area contributed by atoms with Gasteiger partial charge in [-0.15, -0.1) is 11.6 Å². The van der Waals surface area contributed by atoms with Crippen LogP contribution < -0.4 is 0 Å². The number of nitriles is 1. The second-order valence-corrected chi connectivity index (χ2v) is 4.84. The highest BCUT2D eigenvalue weighted by Gasteiger charge is 2.18. The molecule has 0 spiro atoms. The number of halogens is 3. The minimum Gasteiger partial charge on any atom is -0.318 e. The van der Waals surface area contributed by atoms with Crippen molar-refractivity contribution in [3.63, 3.8) is 0 Å². The van der Waals surface area contributed by atoms with Crippen LogP contribution in [0.25, 0.3) is 5.69 Å². The Labute approximate surface area is 125 Å². The molecule has 0 aliphatic rings. The van der Waals surface area contributed by atoms with Gasteiger partial charge in [0.25, 0.3) is 0 Å². The van der Waals surface area contributed by atoms with Crippen LogP contribution in [-0.4, -0.2) is 16.2 Å². The maximum Gasteiger partial charge on any atom is 0.179 e. The number of hydrogen-bond donors (Lipinski definition) is 0. The zero-order valence-electron chi connectivity index (χ0n) is 11.4. The van der Waals surface area contributed by atoms with Gasteiger partial charge in [0.05, 0.1) is 11.6 Å². The van der Waals surface area contributed by atoms with Gasteiger partial charge in [-0.2, -0.15) is 5.26 Å². The van der Waals surface area contributed by atoms with Crippen LogP contribution in [0.1, 0.15) is 27.3 Å². The Balaban J connectivity index is 2.66. The van der Waals surface area contributed by atoms with Gasteiger partial charge in [0.15, 0.2) is 5.78 Å². The molecule has 0 saturated heterocycles. The second-order valence-electron chi connectivity index (χ2n) is 4.57. The van der Waals surface area contributed by atoms with Crippen LogP contribution in [0.4, 0.5) is 8.78 Å². The summed E-state index contributed by atoms with van der Waals surface area (Å²) in [5.74, 6) is -2.30. The zero-order valence-corrected chi connectivity index (χ0v) is 12.1. The molecule has 0 radical (unpaired) electrons. The average Bonchev–Trinajstić information content (AvgIpc) is 2.72. The number of alkyl halides is 1. The minimum absolute atomic E-state index is 0.166. The fraction of sp³-hybridized carbons (Fsp3) is 0.200. The summed E-state index contributed by atoms with van der Waals surface area (Å²) in [6.45, 7) is 3.38. The van der Waals surface area contributed by atoms with E-state index in [0.29, 0.717) is 17.0 Å². The Kier molecular flexibility index (Phi) is 4.10. The van der Waals surface area contributed by atoms with Gasteiger partial charge < -0.3 is 4.57 Å². The van der Waals surface area contributed by atoms with Gasteiger partial charge in [0, 0.05) is 17.0 Å². The second kappa shape index (κ2) is 5.66. The van der Waals surface area contributed by atoms with Crippen molar-refractivity contribution in [1.82, 2.24) is 4.57 Å². The summed E-state index contributed by atoms with van der Waals surface area (Å²) < 4.78 is 29.0. The highest BCUT2D eigenvalue weighted by Crippen LogP contribution is 2.24. The maximum atomic E-state index is 13.7. The summed E-state index contributed by atoms with van der Waals surface area (Å²) in [5, 5.41) is 8.68. The van der Waals surface area contributed by atoms with Crippen molar-refractivity contribution < 1.29 is 13.6 Å². The normalized spacial score (nSPS) is 10.5. The maximum absolute atomic E-state index is 13.7. The number of nitrogens with zero attached hydrogens (tertiary/aromatic N) is 2. The third-order valence-electron chi connectivity index (χ3n) is 3.25. The third-order valence-corrected chi connectivity index (χ3v) is 3.49. The minimum atomic E-state index is -0.940. The predicted molar refractivity (Wildman–Crippen MR) is 74.9 cm³/mol. The zero-order chi connectivity index (χ0) is 15.7.